The monoisotopic (exact) mass is 490 g/mol. The number of carbonyl (C=O) groups excluding carboxylic acids is 1. The molecule has 5 rings (SSSR count). The molecule has 0 saturated heterocycles. The van der Waals surface area contributed by atoms with Crippen LogP contribution in [0.5, 0.6) is 11.5 Å². The van der Waals surface area contributed by atoms with Gasteiger partial charge in [0.1, 0.15) is 11.5 Å². The zero-order valence-electron chi connectivity index (χ0n) is 17.4. The number of phenolic OH excluding ortho intramolecular Hbond substituents is 1. The van der Waals surface area contributed by atoms with Gasteiger partial charge in [0.05, 0.1) is 17.2 Å². The Morgan fingerprint density at radius 1 is 0.938 bits per heavy atom. The van der Waals surface area contributed by atoms with Crippen LogP contribution < -0.4 is 4.74 Å². The molecule has 8 heteroatoms. The highest BCUT2D eigenvalue weighted by Gasteiger charge is 2.04. The second-order valence-electron chi connectivity index (χ2n) is 7.11. The molecule has 0 atom stereocenters. The number of nitrogens with zero attached hydrogens (tertiary/aromatic N) is 4. The van der Waals surface area contributed by atoms with Crippen molar-refractivity contribution in [2.75, 3.05) is 0 Å². The van der Waals surface area contributed by atoms with Gasteiger partial charge in [-0.15, -0.1) is 0 Å². The zero-order chi connectivity index (χ0) is 22.7. The van der Waals surface area contributed by atoms with Gasteiger partial charge in [0.15, 0.2) is 0 Å². The highest BCUT2D eigenvalue weighted by atomic mass is 79.9. The van der Waals surface area contributed by atoms with Crippen molar-refractivity contribution in [2.45, 2.75) is 6.92 Å². The topological polar surface area (TPSA) is 90.1 Å². The molecule has 0 aliphatic heterocycles. The molecule has 0 saturated carbocycles. The number of ether oxygens (including phenoxy) is 1. The van der Waals surface area contributed by atoms with E-state index in [9.17, 15) is 9.90 Å². The van der Waals surface area contributed by atoms with Crippen LogP contribution in [0.15, 0.2) is 77.8 Å². The average Bonchev–Trinajstić information content (AvgIpc) is 3.19. The minimum Gasteiger partial charge on any atom is -0.508 e. The third-order valence-corrected chi connectivity index (χ3v) is 5.02. The lowest BCUT2D eigenvalue weighted by Gasteiger charge is -2.02. The number of esters is 1. The predicted molar refractivity (Wildman–Crippen MR) is 126 cm³/mol. The molecule has 0 fully saturated rings. The molecule has 5 aromatic rings. The van der Waals surface area contributed by atoms with Crippen molar-refractivity contribution in [2.24, 2.45) is 7.05 Å². The summed E-state index contributed by atoms with van der Waals surface area (Å²) in [6.07, 6.45) is 7.28. The largest absolute Gasteiger partial charge is 0.508 e. The van der Waals surface area contributed by atoms with Crippen LogP contribution in [0.1, 0.15) is 6.92 Å². The van der Waals surface area contributed by atoms with Gasteiger partial charge in [0.25, 0.3) is 0 Å². The Kier molecular flexibility index (Phi) is 6.13. The van der Waals surface area contributed by atoms with Crippen molar-refractivity contribution in [3.05, 3.63) is 77.8 Å². The predicted octanol–water partition coefficient (Wildman–Crippen LogP) is 5.26. The van der Waals surface area contributed by atoms with E-state index in [4.69, 9.17) is 4.74 Å². The molecular weight excluding hydrogens is 472 g/mol. The summed E-state index contributed by atoms with van der Waals surface area (Å²) in [6, 6.07) is 14.4. The van der Waals surface area contributed by atoms with Crippen molar-refractivity contribution in [3.8, 4) is 22.6 Å². The van der Waals surface area contributed by atoms with Crippen LogP contribution in [0.3, 0.4) is 0 Å². The number of pyridine rings is 2. The molecular formula is C24H19BrN4O3. The van der Waals surface area contributed by atoms with E-state index >= 15 is 0 Å². The first-order valence-electron chi connectivity index (χ1n) is 9.69. The lowest BCUT2D eigenvalue weighted by molar-refractivity contribution is -0.131. The Hall–Kier alpha value is -3.78. The van der Waals surface area contributed by atoms with E-state index in [1.54, 1.807) is 47.4 Å². The van der Waals surface area contributed by atoms with Crippen molar-refractivity contribution >= 4 is 43.7 Å². The average molecular weight is 491 g/mol. The molecule has 0 amide bonds. The number of aromatic hydroxyl groups is 1. The molecule has 32 heavy (non-hydrogen) atoms. The first kappa shape index (κ1) is 21.5. The van der Waals surface area contributed by atoms with E-state index < -0.39 is 0 Å². The summed E-state index contributed by atoms with van der Waals surface area (Å²) >= 11 is 3.34. The fourth-order valence-electron chi connectivity index (χ4n) is 3.16. The SMILES string of the molecule is CC(=O)Oc1ccc2ncc(Br)cc2c1.Cn1cc(-c2cnc3ccc(O)cc3c2)cn1. The van der Waals surface area contributed by atoms with Gasteiger partial charge in [0.2, 0.25) is 0 Å². The van der Waals surface area contributed by atoms with Crippen molar-refractivity contribution < 1.29 is 14.6 Å². The number of carbonyl (C=O) groups is 1. The maximum Gasteiger partial charge on any atom is 0.308 e. The molecule has 0 spiro atoms. The van der Waals surface area contributed by atoms with Gasteiger partial charge in [-0.2, -0.15) is 5.10 Å². The second-order valence-corrected chi connectivity index (χ2v) is 8.02. The molecule has 0 radical (unpaired) electrons. The van der Waals surface area contributed by atoms with Crippen molar-refractivity contribution in [1.29, 1.82) is 0 Å². The Morgan fingerprint density at radius 2 is 1.66 bits per heavy atom. The molecule has 3 heterocycles. The van der Waals surface area contributed by atoms with E-state index in [1.807, 2.05) is 37.6 Å². The summed E-state index contributed by atoms with van der Waals surface area (Å²) < 4.78 is 7.63. The van der Waals surface area contributed by atoms with Crippen LogP contribution in [-0.2, 0) is 11.8 Å². The van der Waals surface area contributed by atoms with Gasteiger partial charge >= 0.3 is 5.97 Å². The number of halogens is 1. The summed E-state index contributed by atoms with van der Waals surface area (Å²) in [5.74, 6) is 0.467. The summed E-state index contributed by atoms with van der Waals surface area (Å²) in [6.45, 7) is 1.38. The molecule has 0 bridgehead atoms. The highest BCUT2D eigenvalue weighted by Crippen LogP contribution is 2.25. The van der Waals surface area contributed by atoms with Crippen LogP contribution >= 0.6 is 15.9 Å². The maximum absolute atomic E-state index is 10.8. The van der Waals surface area contributed by atoms with Gasteiger partial charge in [-0.1, -0.05) is 0 Å². The zero-order valence-corrected chi connectivity index (χ0v) is 18.9. The van der Waals surface area contributed by atoms with E-state index in [1.165, 1.54) is 6.92 Å². The van der Waals surface area contributed by atoms with Gasteiger partial charge < -0.3 is 9.84 Å². The minimum absolute atomic E-state index is 0.252. The van der Waals surface area contributed by atoms with E-state index in [0.29, 0.717) is 5.75 Å². The van der Waals surface area contributed by atoms with Crippen LogP contribution in [0.4, 0.5) is 0 Å². The van der Waals surface area contributed by atoms with Crippen LogP contribution in [-0.4, -0.2) is 30.8 Å². The summed E-state index contributed by atoms with van der Waals surface area (Å²) in [5, 5.41) is 15.4. The fourth-order valence-corrected chi connectivity index (χ4v) is 3.51. The van der Waals surface area contributed by atoms with E-state index in [2.05, 4.69) is 31.0 Å². The minimum atomic E-state index is -0.322. The maximum atomic E-state index is 10.8. The molecule has 3 aromatic heterocycles. The fraction of sp³-hybridized carbons (Fsp3) is 0.0833. The molecule has 0 unspecified atom stereocenters. The number of phenols is 1. The Bertz CT molecular complexity index is 1430. The van der Waals surface area contributed by atoms with Gasteiger partial charge in [-0.3, -0.25) is 19.4 Å². The number of hydrogen-bond donors (Lipinski definition) is 1. The lowest BCUT2D eigenvalue weighted by atomic mass is 10.1. The molecule has 7 nitrogen and oxygen atoms in total. The van der Waals surface area contributed by atoms with Gasteiger partial charge in [-0.05, 0) is 64.5 Å². The molecule has 160 valence electrons. The number of aromatic nitrogens is 4. The smallest absolute Gasteiger partial charge is 0.308 e. The first-order valence-corrected chi connectivity index (χ1v) is 10.5. The Morgan fingerprint density at radius 3 is 2.38 bits per heavy atom. The highest BCUT2D eigenvalue weighted by molar-refractivity contribution is 9.10. The van der Waals surface area contributed by atoms with E-state index in [-0.39, 0.29) is 11.7 Å². The first-order chi connectivity index (χ1) is 15.4. The second kappa shape index (κ2) is 9.15. The Labute approximate surface area is 192 Å². The summed E-state index contributed by atoms with van der Waals surface area (Å²) in [4.78, 5) is 19.3. The van der Waals surface area contributed by atoms with Crippen LogP contribution in [0.25, 0.3) is 32.9 Å². The lowest BCUT2D eigenvalue weighted by Crippen LogP contribution is -2.00. The molecule has 2 aromatic carbocycles. The van der Waals surface area contributed by atoms with Crippen molar-refractivity contribution in [3.63, 3.8) is 0 Å². The summed E-state index contributed by atoms with van der Waals surface area (Å²) in [5.41, 5.74) is 3.76. The third-order valence-electron chi connectivity index (χ3n) is 4.58. The standard InChI is InChI=1S/C13H11N3O.C11H8BrNO2/c1-16-8-11(7-15-16)10-4-9-5-12(17)2-3-13(9)14-6-10;1-7(14)15-10-2-3-11-8(5-10)4-9(12)6-13-11/h2-8,17H,1H3;2-6H,1H3. The quantitative estimate of drug-likeness (QED) is 0.268. The van der Waals surface area contributed by atoms with Gasteiger partial charge in [0, 0.05) is 58.9 Å². The molecule has 0 aliphatic carbocycles. The number of benzene rings is 2. The van der Waals surface area contributed by atoms with Crippen LogP contribution in [0.2, 0.25) is 0 Å². The number of aryl methyl sites for hydroxylation is 1. The normalized spacial score (nSPS) is 10.6. The Balaban J connectivity index is 0.000000155. The van der Waals surface area contributed by atoms with Crippen LogP contribution in [0, 0.1) is 0 Å². The van der Waals surface area contributed by atoms with Gasteiger partial charge in [-0.25, -0.2) is 0 Å². The van der Waals surface area contributed by atoms with Crippen molar-refractivity contribution in [1.82, 2.24) is 19.7 Å². The summed E-state index contributed by atoms with van der Waals surface area (Å²) in [7, 11) is 1.88. The third kappa shape index (κ3) is 5.09. The number of hydrogen-bond acceptors (Lipinski definition) is 6. The number of rotatable bonds is 2. The van der Waals surface area contributed by atoms with E-state index in [0.717, 1.165) is 37.4 Å². The molecule has 0 aliphatic rings. The molecule has 1 N–H and O–H groups in total. The number of fused-ring (bicyclic) bond motifs is 2.